The van der Waals surface area contributed by atoms with Crippen molar-refractivity contribution in [3.63, 3.8) is 0 Å². The van der Waals surface area contributed by atoms with Gasteiger partial charge in [-0.3, -0.25) is 9.00 Å². The third-order valence-electron chi connectivity index (χ3n) is 3.17. The summed E-state index contributed by atoms with van der Waals surface area (Å²) >= 11 is 0. The zero-order chi connectivity index (χ0) is 14.4. The smallest absolute Gasteiger partial charge is 0.145 e. The Kier molecular flexibility index (Phi) is 5.24. The number of carbonyl (C=O) groups is 1. The molecule has 0 heterocycles. The standard InChI is InChI=1S/C17H18O2S/c1-2-16(18)13-20(19)17(14-9-5-3-6-10-14)15-11-7-4-8-12-15/h3-12,17H,2,13H2,1H3. The van der Waals surface area contributed by atoms with Gasteiger partial charge >= 0.3 is 0 Å². The number of hydrogen-bond donors (Lipinski definition) is 0. The average molecular weight is 286 g/mol. The number of benzene rings is 2. The van der Waals surface area contributed by atoms with E-state index in [1.807, 2.05) is 60.7 Å². The summed E-state index contributed by atoms with van der Waals surface area (Å²) in [5.41, 5.74) is 1.97. The molecule has 2 aromatic rings. The number of carbonyl (C=O) groups excluding carboxylic acids is 1. The molecule has 0 bridgehead atoms. The van der Waals surface area contributed by atoms with Gasteiger partial charge in [0.1, 0.15) is 5.78 Å². The molecule has 0 N–H and O–H groups in total. The molecule has 0 aromatic heterocycles. The summed E-state index contributed by atoms with van der Waals surface area (Å²) in [5.74, 6) is 0.158. The van der Waals surface area contributed by atoms with Gasteiger partial charge in [0.25, 0.3) is 0 Å². The summed E-state index contributed by atoms with van der Waals surface area (Å²) in [6.45, 7) is 1.81. The van der Waals surface area contributed by atoms with Crippen molar-refractivity contribution in [1.29, 1.82) is 0 Å². The number of ketones is 1. The fourth-order valence-corrected chi connectivity index (χ4v) is 3.71. The van der Waals surface area contributed by atoms with E-state index in [9.17, 15) is 9.00 Å². The van der Waals surface area contributed by atoms with Gasteiger partial charge in [-0.15, -0.1) is 0 Å². The molecule has 2 rings (SSSR count). The normalized spacial score (nSPS) is 12.3. The lowest BCUT2D eigenvalue weighted by molar-refractivity contribution is -0.116. The van der Waals surface area contributed by atoms with Crippen LogP contribution in [0.4, 0.5) is 0 Å². The third kappa shape index (κ3) is 3.64. The molecule has 0 fully saturated rings. The second-order valence-electron chi connectivity index (χ2n) is 4.62. The molecule has 0 spiro atoms. The van der Waals surface area contributed by atoms with Crippen LogP contribution in [0, 0.1) is 0 Å². The molecule has 0 aliphatic heterocycles. The Morgan fingerprint density at radius 2 is 1.40 bits per heavy atom. The highest BCUT2D eigenvalue weighted by atomic mass is 32.2. The van der Waals surface area contributed by atoms with E-state index in [-0.39, 0.29) is 16.8 Å². The van der Waals surface area contributed by atoms with E-state index >= 15 is 0 Å². The Balaban J connectivity index is 2.35. The largest absolute Gasteiger partial charge is 0.299 e. The minimum Gasteiger partial charge on any atom is -0.299 e. The third-order valence-corrected chi connectivity index (χ3v) is 4.84. The van der Waals surface area contributed by atoms with Crippen molar-refractivity contribution in [2.45, 2.75) is 18.6 Å². The van der Waals surface area contributed by atoms with E-state index in [0.29, 0.717) is 6.42 Å². The second kappa shape index (κ2) is 7.15. The molecule has 0 saturated carbocycles. The van der Waals surface area contributed by atoms with E-state index in [1.54, 1.807) is 6.92 Å². The molecular weight excluding hydrogens is 268 g/mol. The first-order valence-corrected chi connectivity index (χ1v) is 8.09. The second-order valence-corrected chi connectivity index (χ2v) is 6.14. The van der Waals surface area contributed by atoms with E-state index in [1.165, 1.54) is 0 Å². The van der Waals surface area contributed by atoms with Crippen molar-refractivity contribution >= 4 is 16.6 Å². The van der Waals surface area contributed by atoms with Crippen molar-refractivity contribution < 1.29 is 9.00 Å². The Bertz CT molecular complexity index is 539. The highest BCUT2D eigenvalue weighted by molar-refractivity contribution is 7.86. The van der Waals surface area contributed by atoms with Crippen LogP contribution in [0.2, 0.25) is 0 Å². The van der Waals surface area contributed by atoms with Crippen LogP contribution in [0.15, 0.2) is 60.7 Å². The van der Waals surface area contributed by atoms with E-state index < -0.39 is 10.8 Å². The molecule has 3 heteroatoms. The molecule has 1 unspecified atom stereocenters. The summed E-state index contributed by atoms with van der Waals surface area (Å²) in [6.07, 6.45) is 0.433. The van der Waals surface area contributed by atoms with Gasteiger partial charge in [-0.05, 0) is 11.1 Å². The fraction of sp³-hybridized carbons (Fsp3) is 0.235. The van der Waals surface area contributed by atoms with Crippen LogP contribution in [0.25, 0.3) is 0 Å². The van der Waals surface area contributed by atoms with Crippen molar-refractivity contribution in [3.8, 4) is 0 Å². The average Bonchev–Trinajstić information content (AvgIpc) is 2.49. The maximum Gasteiger partial charge on any atom is 0.145 e. The summed E-state index contributed by atoms with van der Waals surface area (Å²) in [6, 6.07) is 19.5. The molecule has 20 heavy (non-hydrogen) atoms. The van der Waals surface area contributed by atoms with Gasteiger partial charge in [0, 0.05) is 17.2 Å². The maximum atomic E-state index is 12.6. The zero-order valence-electron chi connectivity index (χ0n) is 11.5. The Hall–Kier alpha value is -1.74. The van der Waals surface area contributed by atoms with Crippen LogP contribution in [0.1, 0.15) is 29.7 Å². The van der Waals surface area contributed by atoms with Crippen LogP contribution in [0.3, 0.4) is 0 Å². The lowest BCUT2D eigenvalue weighted by Gasteiger charge is -2.17. The van der Waals surface area contributed by atoms with Gasteiger partial charge in [0.2, 0.25) is 0 Å². The molecular formula is C17H18O2S. The van der Waals surface area contributed by atoms with Gasteiger partial charge < -0.3 is 0 Å². The Labute approximate surface area is 122 Å². The van der Waals surface area contributed by atoms with Crippen LogP contribution in [-0.2, 0) is 15.6 Å². The van der Waals surface area contributed by atoms with Crippen molar-refractivity contribution in [2.75, 3.05) is 5.75 Å². The van der Waals surface area contributed by atoms with Crippen LogP contribution < -0.4 is 0 Å². The van der Waals surface area contributed by atoms with Crippen LogP contribution in [0.5, 0.6) is 0 Å². The highest BCUT2D eigenvalue weighted by Crippen LogP contribution is 2.28. The zero-order valence-corrected chi connectivity index (χ0v) is 12.3. The Morgan fingerprint density at radius 1 is 0.950 bits per heavy atom. The first-order valence-electron chi connectivity index (χ1n) is 6.71. The van der Waals surface area contributed by atoms with Gasteiger partial charge in [0.05, 0.1) is 11.0 Å². The van der Waals surface area contributed by atoms with Crippen molar-refractivity contribution in [3.05, 3.63) is 71.8 Å². The first kappa shape index (κ1) is 14.7. The van der Waals surface area contributed by atoms with E-state index in [0.717, 1.165) is 11.1 Å². The fourth-order valence-electron chi connectivity index (χ4n) is 2.10. The lowest BCUT2D eigenvalue weighted by Crippen LogP contribution is -2.17. The van der Waals surface area contributed by atoms with Gasteiger partial charge in [-0.25, -0.2) is 0 Å². The minimum atomic E-state index is -1.24. The van der Waals surface area contributed by atoms with E-state index in [4.69, 9.17) is 0 Å². The monoisotopic (exact) mass is 286 g/mol. The molecule has 0 amide bonds. The Morgan fingerprint density at radius 3 is 1.80 bits per heavy atom. The SMILES string of the molecule is CCC(=O)CS(=O)C(c1ccccc1)c1ccccc1. The molecule has 2 nitrogen and oxygen atoms in total. The number of rotatable bonds is 6. The van der Waals surface area contributed by atoms with Crippen molar-refractivity contribution in [2.24, 2.45) is 0 Å². The summed E-state index contributed by atoms with van der Waals surface area (Å²) in [7, 11) is -1.24. The maximum absolute atomic E-state index is 12.6. The molecule has 1 atom stereocenters. The van der Waals surface area contributed by atoms with Gasteiger partial charge in [0.15, 0.2) is 0 Å². The molecule has 0 aliphatic carbocycles. The topological polar surface area (TPSA) is 34.1 Å². The molecule has 2 aromatic carbocycles. The molecule has 0 saturated heterocycles. The van der Waals surface area contributed by atoms with E-state index in [2.05, 4.69) is 0 Å². The van der Waals surface area contributed by atoms with Gasteiger partial charge in [-0.1, -0.05) is 67.6 Å². The lowest BCUT2D eigenvalue weighted by atomic mass is 10.0. The first-order chi connectivity index (χ1) is 9.72. The summed E-state index contributed by atoms with van der Waals surface area (Å²) in [4.78, 5) is 11.6. The number of Topliss-reactive ketones (excluding diaryl/α,β-unsaturated/α-hetero) is 1. The van der Waals surface area contributed by atoms with Gasteiger partial charge in [-0.2, -0.15) is 0 Å². The van der Waals surface area contributed by atoms with Crippen molar-refractivity contribution in [1.82, 2.24) is 0 Å². The predicted molar refractivity (Wildman–Crippen MR) is 83.0 cm³/mol. The quantitative estimate of drug-likeness (QED) is 0.814. The summed E-state index contributed by atoms with van der Waals surface area (Å²) < 4.78 is 12.6. The highest BCUT2D eigenvalue weighted by Gasteiger charge is 2.22. The summed E-state index contributed by atoms with van der Waals surface area (Å²) in [5, 5.41) is -0.243. The minimum absolute atomic E-state index is 0.0418. The molecule has 0 aliphatic rings. The van der Waals surface area contributed by atoms with Crippen LogP contribution in [-0.4, -0.2) is 15.7 Å². The molecule has 104 valence electrons. The molecule has 0 radical (unpaired) electrons. The van der Waals surface area contributed by atoms with Crippen LogP contribution >= 0.6 is 0 Å². The number of hydrogen-bond acceptors (Lipinski definition) is 2. The predicted octanol–water partition coefficient (Wildman–Crippen LogP) is 3.50.